The van der Waals surface area contributed by atoms with E-state index in [0.29, 0.717) is 30.8 Å². The van der Waals surface area contributed by atoms with Crippen molar-refractivity contribution in [3.05, 3.63) is 27.4 Å². The van der Waals surface area contributed by atoms with Gasteiger partial charge in [-0.15, -0.1) is 0 Å². The zero-order valence-corrected chi connectivity index (χ0v) is 17.3. The molecule has 2 aliphatic heterocycles. The SMILES string of the molecule is Cc1nc2c(c(=O)[nH]1)CCC1N(C(=O)CN3C(=O)NC(C)(C)C3=O)CCC[C@@]21C. The molecule has 3 heterocycles. The molecule has 4 rings (SSSR count). The third-order valence-electron chi connectivity index (χ3n) is 6.61. The number of carbonyl (C=O) groups excluding carboxylic acids is 3. The van der Waals surface area contributed by atoms with E-state index in [-0.39, 0.29) is 24.1 Å². The second-order valence-electron chi connectivity index (χ2n) is 9.09. The molecule has 1 unspecified atom stereocenters. The number of aromatic nitrogens is 2. The summed E-state index contributed by atoms with van der Waals surface area (Å²) in [5.74, 6) is -0.0683. The van der Waals surface area contributed by atoms with Crippen molar-refractivity contribution in [3.8, 4) is 0 Å². The highest BCUT2D eigenvalue weighted by Crippen LogP contribution is 2.44. The van der Waals surface area contributed by atoms with Gasteiger partial charge in [0.1, 0.15) is 17.9 Å². The molecule has 2 fully saturated rings. The smallest absolute Gasteiger partial charge is 0.325 e. The molecule has 156 valence electrons. The number of hydrogen-bond acceptors (Lipinski definition) is 5. The fourth-order valence-electron chi connectivity index (χ4n) is 5.12. The van der Waals surface area contributed by atoms with Crippen molar-refractivity contribution in [2.24, 2.45) is 0 Å². The second kappa shape index (κ2) is 6.40. The van der Waals surface area contributed by atoms with Crippen molar-refractivity contribution >= 4 is 17.8 Å². The summed E-state index contributed by atoms with van der Waals surface area (Å²) in [6.45, 7) is 7.38. The van der Waals surface area contributed by atoms with E-state index in [2.05, 4.69) is 22.2 Å². The van der Waals surface area contributed by atoms with E-state index in [1.165, 1.54) is 0 Å². The van der Waals surface area contributed by atoms with Gasteiger partial charge in [-0.25, -0.2) is 9.78 Å². The van der Waals surface area contributed by atoms with Crippen LogP contribution in [0.25, 0.3) is 0 Å². The summed E-state index contributed by atoms with van der Waals surface area (Å²) in [6, 6.07) is -0.648. The van der Waals surface area contributed by atoms with Gasteiger partial charge in [0.15, 0.2) is 0 Å². The van der Waals surface area contributed by atoms with Gasteiger partial charge in [-0.1, -0.05) is 6.92 Å². The fourth-order valence-corrected chi connectivity index (χ4v) is 5.12. The van der Waals surface area contributed by atoms with Crippen LogP contribution in [0.2, 0.25) is 0 Å². The zero-order valence-electron chi connectivity index (χ0n) is 17.3. The van der Waals surface area contributed by atoms with Crippen molar-refractivity contribution in [2.75, 3.05) is 13.1 Å². The van der Waals surface area contributed by atoms with Crippen molar-refractivity contribution in [2.45, 2.75) is 70.4 Å². The molecule has 2 N–H and O–H groups in total. The van der Waals surface area contributed by atoms with Gasteiger partial charge in [-0.3, -0.25) is 19.3 Å². The lowest BCUT2D eigenvalue weighted by Crippen LogP contribution is -2.60. The predicted octanol–water partition coefficient (Wildman–Crippen LogP) is 0.604. The number of fused-ring (bicyclic) bond motifs is 3. The molecule has 0 spiro atoms. The molecule has 9 nitrogen and oxygen atoms in total. The highest BCUT2D eigenvalue weighted by atomic mass is 16.2. The Labute approximate surface area is 168 Å². The van der Waals surface area contributed by atoms with Crippen LogP contribution in [0.15, 0.2) is 4.79 Å². The number of carbonyl (C=O) groups is 3. The summed E-state index contributed by atoms with van der Waals surface area (Å²) >= 11 is 0. The molecule has 4 amide bonds. The number of aromatic amines is 1. The Morgan fingerprint density at radius 2 is 1.97 bits per heavy atom. The van der Waals surface area contributed by atoms with E-state index >= 15 is 0 Å². The largest absolute Gasteiger partial charge is 0.337 e. The van der Waals surface area contributed by atoms with E-state index in [0.717, 1.165) is 23.4 Å². The highest BCUT2D eigenvalue weighted by Gasteiger charge is 2.50. The average molecular weight is 401 g/mol. The third-order valence-corrected chi connectivity index (χ3v) is 6.61. The van der Waals surface area contributed by atoms with Crippen molar-refractivity contribution in [3.63, 3.8) is 0 Å². The molecular formula is C20H27N5O4. The summed E-state index contributed by atoms with van der Waals surface area (Å²) in [6.07, 6.45) is 2.82. The number of piperidine rings is 1. The van der Waals surface area contributed by atoms with E-state index in [1.807, 2.05) is 0 Å². The summed E-state index contributed by atoms with van der Waals surface area (Å²) in [5, 5.41) is 2.61. The van der Waals surface area contributed by atoms with Gasteiger partial charge in [-0.2, -0.15) is 0 Å². The normalized spacial score (nSPS) is 28.1. The van der Waals surface area contributed by atoms with E-state index in [4.69, 9.17) is 0 Å². The fraction of sp³-hybridized carbons (Fsp3) is 0.650. The van der Waals surface area contributed by atoms with Gasteiger partial charge in [0.05, 0.1) is 5.69 Å². The Hall–Kier alpha value is -2.71. The van der Waals surface area contributed by atoms with E-state index in [9.17, 15) is 19.2 Å². The molecule has 1 aromatic heterocycles. The van der Waals surface area contributed by atoms with Gasteiger partial charge in [0.25, 0.3) is 11.5 Å². The number of aryl methyl sites for hydroxylation is 1. The second-order valence-corrected chi connectivity index (χ2v) is 9.09. The number of nitrogens with one attached hydrogen (secondary N) is 2. The lowest BCUT2D eigenvalue weighted by atomic mass is 9.65. The Morgan fingerprint density at radius 1 is 1.24 bits per heavy atom. The molecule has 1 aliphatic carbocycles. The van der Waals surface area contributed by atoms with Crippen molar-refractivity contribution in [1.82, 2.24) is 25.1 Å². The molecule has 29 heavy (non-hydrogen) atoms. The number of rotatable bonds is 2. The topological polar surface area (TPSA) is 115 Å². The summed E-state index contributed by atoms with van der Waals surface area (Å²) < 4.78 is 0. The monoisotopic (exact) mass is 401 g/mol. The van der Waals surface area contributed by atoms with Gasteiger partial charge < -0.3 is 15.2 Å². The summed E-state index contributed by atoms with van der Waals surface area (Å²) in [7, 11) is 0. The number of H-pyrrole nitrogens is 1. The van der Waals surface area contributed by atoms with Crippen LogP contribution in [-0.4, -0.2) is 62.3 Å². The lowest BCUT2D eigenvalue weighted by Gasteiger charge is -2.51. The minimum absolute atomic E-state index is 0.0998. The first-order valence-corrected chi connectivity index (χ1v) is 10.1. The maximum absolute atomic E-state index is 13.2. The Bertz CT molecular complexity index is 968. The van der Waals surface area contributed by atoms with Crippen LogP contribution in [0.1, 0.15) is 57.1 Å². The average Bonchev–Trinajstić information content (AvgIpc) is 2.82. The van der Waals surface area contributed by atoms with Gasteiger partial charge >= 0.3 is 6.03 Å². The van der Waals surface area contributed by atoms with Crippen LogP contribution in [0.4, 0.5) is 4.79 Å². The maximum Gasteiger partial charge on any atom is 0.325 e. The van der Waals surface area contributed by atoms with Crippen molar-refractivity contribution < 1.29 is 14.4 Å². The molecule has 9 heteroatoms. The molecule has 0 aromatic carbocycles. The van der Waals surface area contributed by atoms with E-state index in [1.54, 1.807) is 25.7 Å². The molecular weight excluding hydrogens is 374 g/mol. The lowest BCUT2D eigenvalue weighted by molar-refractivity contribution is -0.142. The van der Waals surface area contributed by atoms with Gasteiger partial charge in [0, 0.05) is 23.6 Å². The first kappa shape index (κ1) is 19.6. The molecule has 2 saturated heterocycles. The standard InChI is InChI=1S/C20H27N5O4/c1-11-21-15-12(16(27)22-11)6-7-13-20(15,4)8-5-9-24(13)14(26)10-25-17(28)19(2,3)23-18(25)29/h13H,5-10H2,1-4H3,(H,23,29)(H,21,22,27)/t13?,20-/m1/s1. The van der Waals surface area contributed by atoms with Gasteiger partial charge in [0.2, 0.25) is 5.91 Å². The summed E-state index contributed by atoms with van der Waals surface area (Å²) in [5.41, 5.74) is -0.0304. The molecule has 0 radical (unpaired) electrons. The highest BCUT2D eigenvalue weighted by molar-refractivity contribution is 6.08. The molecule has 1 aromatic rings. The number of hydrogen-bond donors (Lipinski definition) is 2. The number of likely N-dealkylation sites (tertiary alicyclic amines) is 1. The van der Waals surface area contributed by atoms with Crippen LogP contribution in [0.5, 0.6) is 0 Å². The molecule has 3 aliphatic rings. The van der Waals surface area contributed by atoms with Crippen LogP contribution in [0, 0.1) is 6.92 Å². The first-order valence-electron chi connectivity index (χ1n) is 10.1. The van der Waals surface area contributed by atoms with Crippen LogP contribution in [0.3, 0.4) is 0 Å². The number of amides is 4. The molecule has 2 atom stereocenters. The maximum atomic E-state index is 13.2. The van der Waals surface area contributed by atoms with Crippen LogP contribution in [-0.2, 0) is 21.4 Å². The summed E-state index contributed by atoms with van der Waals surface area (Å²) in [4.78, 5) is 60.4. The van der Waals surface area contributed by atoms with E-state index < -0.39 is 22.9 Å². The Morgan fingerprint density at radius 3 is 2.62 bits per heavy atom. The Balaban J connectivity index is 1.62. The van der Waals surface area contributed by atoms with Gasteiger partial charge in [-0.05, 0) is 46.5 Å². The number of urea groups is 1. The minimum Gasteiger partial charge on any atom is -0.337 e. The molecule has 0 bridgehead atoms. The quantitative estimate of drug-likeness (QED) is 0.705. The number of nitrogens with zero attached hydrogens (tertiary/aromatic N) is 3. The molecule has 0 saturated carbocycles. The van der Waals surface area contributed by atoms with Crippen molar-refractivity contribution in [1.29, 1.82) is 0 Å². The third kappa shape index (κ3) is 2.94. The Kier molecular flexibility index (Phi) is 4.32. The zero-order chi connectivity index (χ0) is 21.1. The first-order chi connectivity index (χ1) is 13.5. The number of imide groups is 1. The van der Waals surface area contributed by atoms with Crippen LogP contribution >= 0.6 is 0 Å². The predicted molar refractivity (Wildman–Crippen MR) is 104 cm³/mol. The van der Waals surface area contributed by atoms with Crippen LogP contribution < -0.4 is 10.9 Å². The minimum atomic E-state index is -1.000.